The number of nitrogens with one attached hydrogen (secondary N) is 1. The Bertz CT molecular complexity index is 1390. The van der Waals surface area contributed by atoms with Crippen LogP contribution >= 0.6 is 0 Å². The highest BCUT2D eigenvalue weighted by molar-refractivity contribution is 7.92. The first-order chi connectivity index (χ1) is 19.0. The molecule has 214 valence electrons. The zero-order valence-corrected chi connectivity index (χ0v) is 24.7. The molecule has 0 spiro atoms. The highest BCUT2D eigenvalue weighted by Gasteiger charge is 2.33. The Morgan fingerprint density at radius 2 is 1.57 bits per heavy atom. The van der Waals surface area contributed by atoms with Gasteiger partial charge in [0.15, 0.2) is 0 Å². The van der Waals surface area contributed by atoms with Crippen molar-refractivity contribution in [3.63, 3.8) is 0 Å². The van der Waals surface area contributed by atoms with E-state index in [0.29, 0.717) is 18.0 Å². The molecule has 0 fully saturated rings. The molecule has 0 radical (unpaired) electrons. The Balaban J connectivity index is 2.07. The van der Waals surface area contributed by atoms with Gasteiger partial charge in [-0.15, -0.1) is 0 Å². The van der Waals surface area contributed by atoms with E-state index in [1.54, 1.807) is 25.3 Å². The number of carbonyl (C=O) groups excluding carboxylic acids is 2. The summed E-state index contributed by atoms with van der Waals surface area (Å²) in [6.07, 6.45) is 2.09. The van der Waals surface area contributed by atoms with Gasteiger partial charge in [0.05, 0.1) is 19.1 Å². The van der Waals surface area contributed by atoms with Gasteiger partial charge < -0.3 is 15.0 Å². The molecule has 0 saturated carbocycles. The number of rotatable bonds is 13. The number of hydrogen-bond acceptors (Lipinski definition) is 5. The molecule has 0 heterocycles. The molecule has 0 aliphatic heterocycles. The van der Waals surface area contributed by atoms with Crippen molar-refractivity contribution in [1.29, 1.82) is 0 Å². The van der Waals surface area contributed by atoms with Crippen molar-refractivity contribution in [1.82, 2.24) is 10.2 Å². The van der Waals surface area contributed by atoms with E-state index in [1.807, 2.05) is 75.4 Å². The van der Waals surface area contributed by atoms with Crippen molar-refractivity contribution in [2.45, 2.75) is 46.2 Å². The van der Waals surface area contributed by atoms with Gasteiger partial charge in [-0.05, 0) is 66.8 Å². The number of carbonyl (C=O) groups is 2. The van der Waals surface area contributed by atoms with Crippen LogP contribution in [0.4, 0.5) is 5.69 Å². The Morgan fingerprint density at radius 3 is 2.17 bits per heavy atom. The largest absolute Gasteiger partial charge is 0.497 e. The number of amides is 2. The molecule has 0 aromatic heterocycles. The molecule has 0 unspecified atom stereocenters. The molecule has 1 atom stereocenters. The van der Waals surface area contributed by atoms with Crippen LogP contribution in [0.2, 0.25) is 0 Å². The fourth-order valence-electron chi connectivity index (χ4n) is 4.60. The second kappa shape index (κ2) is 14.0. The van der Waals surface area contributed by atoms with Crippen molar-refractivity contribution in [2.24, 2.45) is 0 Å². The van der Waals surface area contributed by atoms with Gasteiger partial charge in [-0.25, -0.2) is 8.42 Å². The average molecular weight is 566 g/mol. The number of nitrogens with zero attached hydrogens (tertiary/aromatic N) is 2. The molecule has 3 aromatic carbocycles. The first kappa shape index (κ1) is 30.7. The zero-order valence-electron chi connectivity index (χ0n) is 23.9. The molecule has 0 bridgehead atoms. The molecule has 3 rings (SSSR count). The topological polar surface area (TPSA) is 96.0 Å². The summed E-state index contributed by atoms with van der Waals surface area (Å²) in [5, 5.41) is 2.94. The summed E-state index contributed by atoms with van der Waals surface area (Å²) < 4.78 is 32.4. The predicted molar refractivity (Wildman–Crippen MR) is 159 cm³/mol. The van der Waals surface area contributed by atoms with Crippen molar-refractivity contribution in [3.05, 3.63) is 95.1 Å². The summed E-state index contributed by atoms with van der Waals surface area (Å²) in [7, 11) is -2.26. The molecule has 3 aromatic rings. The van der Waals surface area contributed by atoms with Gasteiger partial charge in [0.25, 0.3) is 0 Å². The van der Waals surface area contributed by atoms with Gasteiger partial charge in [0.1, 0.15) is 18.3 Å². The minimum atomic E-state index is -3.82. The standard InChI is InChI=1S/C31H39N3O5S/c1-6-15-32-31(36)29(20-25-11-8-7-9-12-25)33(21-26-13-10-14-28(19-26)39-4)30(35)22-34(40(5,37)38)27-17-23(2)16-24(3)18-27/h7-14,16-19,29H,6,15,20-22H2,1-5H3,(H,32,36)/t29-/m1/s1. The number of benzene rings is 3. The van der Waals surface area contributed by atoms with E-state index in [4.69, 9.17) is 4.74 Å². The summed E-state index contributed by atoms with van der Waals surface area (Å²) in [6, 6.07) is 21.3. The lowest BCUT2D eigenvalue weighted by atomic mass is 10.0. The third kappa shape index (κ3) is 8.58. The number of anilines is 1. The highest BCUT2D eigenvalue weighted by Crippen LogP contribution is 2.23. The van der Waals surface area contributed by atoms with Crippen molar-refractivity contribution >= 4 is 27.5 Å². The first-order valence-electron chi connectivity index (χ1n) is 13.3. The molecular formula is C31H39N3O5S. The minimum absolute atomic E-state index is 0.0948. The average Bonchev–Trinajstić information content (AvgIpc) is 2.91. The molecular weight excluding hydrogens is 526 g/mol. The van der Waals surface area contributed by atoms with E-state index in [9.17, 15) is 18.0 Å². The van der Waals surface area contributed by atoms with Crippen LogP contribution in [-0.4, -0.2) is 57.6 Å². The van der Waals surface area contributed by atoms with E-state index >= 15 is 0 Å². The van der Waals surface area contributed by atoms with E-state index in [-0.39, 0.29) is 18.9 Å². The van der Waals surface area contributed by atoms with Gasteiger partial charge in [0.2, 0.25) is 21.8 Å². The lowest BCUT2D eigenvalue weighted by molar-refractivity contribution is -0.140. The fraction of sp³-hybridized carbons (Fsp3) is 0.355. The smallest absolute Gasteiger partial charge is 0.244 e. The Kier molecular flexibility index (Phi) is 10.7. The molecule has 8 nitrogen and oxygen atoms in total. The summed E-state index contributed by atoms with van der Waals surface area (Å²) in [6.45, 7) is 5.82. The zero-order chi connectivity index (χ0) is 29.3. The van der Waals surface area contributed by atoms with Crippen LogP contribution in [0.15, 0.2) is 72.8 Å². The predicted octanol–water partition coefficient (Wildman–Crippen LogP) is 4.24. The second-order valence-corrected chi connectivity index (χ2v) is 11.9. The Hall–Kier alpha value is -3.85. The summed E-state index contributed by atoms with van der Waals surface area (Å²) >= 11 is 0. The molecule has 0 saturated heterocycles. The molecule has 40 heavy (non-hydrogen) atoms. The van der Waals surface area contributed by atoms with E-state index in [0.717, 1.165) is 39.2 Å². The number of hydrogen-bond donors (Lipinski definition) is 1. The molecule has 0 aliphatic carbocycles. The van der Waals surface area contributed by atoms with Gasteiger partial charge in [-0.3, -0.25) is 13.9 Å². The Labute approximate surface area is 238 Å². The van der Waals surface area contributed by atoms with Crippen molar-refractivity contribution in [2.75, 3.05) is 30.8 Å². The van der Waals surface area contributed by atoms with Crippen LogP contribution < -0.4 is 14.4 Å². The van der Waals surface area contributed by atoms with Gasteiger partial charge in [-0.1, -0.05) is 55.5 Å². The first-order valence-corrected chi connectivity index (χ1v) is 15.2. The normalized spacial score (nSPS) is 11.9. The maximum Gasteiger partial charge on any atom is 0.244 e. The van der Waals surface area contributed by atoms with E-state index in [2.05, 4.69) is 5.32 Å². The highest BCUT2D eigenvalue weighted by atomic mass is 32.2. The number of aryl methyl sites for hydroxylation is 2. The van der Waals surface area contributed by atoms with Crippen molar-refractivity contribution in [3.8, 4) is 5.75 Å². The van der Waals surface area contributed by atoms with Gasteiger partial charge in [-0.2, -0.15) is 0 Å². The van der Waals surface area contributed by atoms with Crippen LogP contribution in [-0.2, 0) is 32.6 Å². The van der Waals surface area contributed by atoms with Crippen LogP contribution in [0.1, 0.15) is 35.6 Å². The van der Waals surface area contributed by atoms with Crippen LogP contribution in [0.25, 0.3) is 0 Å². The molecule has 2 amide bonds. The third-order valence-electron chi connectivity index (χ3n) is 6.48. The number of ether oxygens (including phenoxy) is 1. The summed E-state index contributed by atoms with van der Waals surface area (Å²) in [5.41, 5.74) is 3.81. The number of sulfonamides is 1. The monoisotopic (exact) mass is 565 g/mol. The minimum Gasteiger partial charge on any atom is -0.497 e. The summed E-state index contributed by atoms with van der Waals surface area (Å²) in [5.74, 6) is -0.160. The molecule has 0 aliphatic rings. The van der Waals surface area contributed by atoms with Gasteiger partial charge in [0, 0.05) is 19.5 Å². The van der Waals surface area contributed by atoms with Gasteiger partial charge >= 0.3 is 0 Å². The van der Waals surface area contributed by atoms with E-state index in [1.165, 1.54) is 4.90 Å². The van der Waals surface area contributed by atoms with Crippen molar-refractivity contribution < 1.29 is 22.7 Å². The maximum absolute atomic E-state index is 14.1. The number of methoxy groups -OCH3 is 1. The van der Waals surface area contributed by atoms with Crippen LogP contribution in [0.5, 0.6) is 5.75 Å². The fourth-order valence-corrected chi connectivity index (χ4v) is 5.43. The lowest BCUT2D eigenvalue weighted by Crippen LogP contribution is -2.53. The maximum atomic E-state index is 14.1. The Morgan fingerprint density at radius 1 is 0.925 bits per heavy atom. The third-order valence-corrected chi connectivity index (χ3v) is 7.62. The second-order valence-electron chi connectivity index (χ2n) is 9.99. The molecule has 9 heteroatoms. The van der Waals surface area contributed by atoms with E-state index < -0.39 is 28.5 Å². The molecule has 1 N–H and O–H groups in total. The SMILES string of the molecule is CCCNC(=O)[C@@H](Cc1ccccc1)N(Cc1cccc(OC)c1)C(=O)CN(c1cc(C)cc(C)c1)S(C)(=O)=O. The lowest BCUT2D eigenvalue weighted by Gasteiger charge is -2.33. The van der Waals surface area contributed by atoms with Crippen LogP contribution in [0.3, 0.4) is 0 Å². The quantitative estimate of drug-likeness (QED) is 0.334. The van der Waals surface area contributed by atoms with Crippen LogP contribution in [0, 0.1) is 13.8 Å². The summed E-state index contributed by atoms with van der Waals surface area (Å²) in [4.78, 5) is 29.1.